The first kappa shape index (κ1) is 15.2. The van der Waals surface area contributed by atoms with Crippen LogP contribution in [0, 0.1) is 5.92 Å². The Kier molecular flexibility index (Phi) is 4.67. The molecule has 0 spiro atoms. The lowest BCUT2D eigenvalue weighted by atomic mass is 10.1. The van der Waals surface area contributed by atoms with Gasteiger partial charge in [0.05, 0.1) is 23.4 Å². The minimum atomic E-state index is -0.557. The summed E-state index contributed by atoms with van der Waals surface area (Å²) in [5, 5.41) is 3.79. The Balaban J connectivity index is 2.35. The zero-order chi connectivity index (χ0) is 15.4. The quantitative estimate of drug-likeness (QED) is 0.370. The van der Waals surface area contributed by atoms with Crippen LogP contribution in [-0.2, 0) is 9.53 Å². The molecule has 1 atom stereocenters. The van der Waals surface area contributed by atoms with Crippen LogP contribution in [0.2, 0.25) is 5.02 Å². The van der Waals surface area contributed by atoms with Crippen molar-refractivity contribution in [3.05, 3.63) is 39.2 Å². The maximum atomic E-state index is 12.1. The number of nitrogens with zero attached hydrogens (tertiary/aromatic N) is 4. The van der Waals surface area contributed by atoms with E-state index >= 15 is 0 Å². The van der Waals surface area contributed by atoms with E-state index in [2.05, 4.69) is 10.0 Å². The van der Waals surface area contributed by atoms with Gasteiger partial charge in [0.15, 0.2) is 0 Å². The number of methoxy groups -OCH3 is 1. The fourth-order valence-corrected chi connectivity index (χ4v) is 2.61. The van der Waals surface area contributed by atoms with Gasteiger partial charge in [0, 0.05) is 24.4 Å². The monoisotopic (exact) mass is 308 g/mol. The third-order valence-corrected chi connectivity index (χ3v) is 3.58. The molecule has 1 aromatic rings. The van der Waals surface area contributed by atoms with E-state index in [0.717, 1.165) is 0 Å². The number of halogens is 1. The van der Waals surface area contributed by atoms with Gasteiger partial charge in [-0.3, -0.25) is 4.79 Å². The molecule has 1 aromatic carbocycles. The number of benzene rings is 1. The topological polar surface area (TPSA) is 95.4 Å². The van der Waals surface area contributed by atoms with Crippen molar-refractivity contribution < 1.29 is 14.3 Å². The lowest BCUT2D eigenvalue weighted by Gasteiger charge is -2.20. The van der Waals surface area contributed by atoms with Gasteiger partial charge in [-0.2, -0.15) is 0 Å². The Morgan fingerprint density at radius 1 is 1.62 bits per heavy atom. The van der Waals surface area contributed by atoms with Gasteiger partial charge in [-0.25, -0.2) is 4.79 Å². The van der Waals surface area contributed by atoms with Crippen LogP contribution in [0.3, 0.4) is 0 Å². The molecule has 0 N–H and O–H groups in total. The fourth-order valence-electron chi connectivity index (χ4n) is 2.34. The Morgan fingerprint density at radius 2 is 2.38 bits per heavy atom. The molecule has 7 nitrogen and oxygen atoms in total. The summed E-state index contributed by atoms with van der Waals surface area (Å²) in [6.07, 6.45) is 0.255. The van der Waals surface area contributed by atoms with Gasteiger partial charge in [0.1, 0.15) is 0 Å². The van der Waals surface area contributed by atoms with Crippen LogP contribution in [0.5, 0.6) is 0 Å². The highest BCUT2D eigenvalue weighted by atomic mass is 35.5. The van der Waals surface area contributed by atoms with Crippen LogP contribution in [-0.4, -0.2) is 32.1 Å². The van der Waals surface area contributed by atoms with Crippen molar-refractivity contribution in [2.24, 2.45) is 11.0 Å². The number of para-hydroxylation sites is 1. The summed E-state index contributed by atoms with van der Waals surface area (Å²) in [7, 11) is 1.27. The summed E-state index contributed by atoms with van der Waals surface area (Å²) in [5.41, 5.74) is 8.93. The van der Waals surface area contributed by atoms with Crippen molar-refractivity contribution in [1.29, 1.82) is 0 Å². The molecule has 1 aliphatic heterocycles. The number of esters is 1. The summed E-state index contributed by atoms with van der Waals surface area (Å²) in [6, 6.07) is 4.79. The van der Waals surface area contributed by atoms with Gasteiger partial charge in [0.2, 0.25) is 5.91 Å². The first-order chi connectivity index (χ1) is 10.1. The third kappa shape index (κ3) is 3.09. The second kappa shape index (κ2) is 6.47. The van der Waals surface area contributed by atoms with E-state index in [0.29, 0.717) is 17.3 Å². The lowest BCUT2D eigenvalue weighted by Crippen LogP contribution is -2.27. The molecule has 0 saturated carbocycles. The number of carbonyl (C=O) groups excluding carboxylic acids is 2. The molecule has 8 heteroatoms. The SMILES string of the molecule is COC(=O)c1cccc(Cl)c1N1CC(CN=[N+]=[N-])CC1=O. The molecule has 0 aliphatic carbocycles. The zero-order valence-corrected chi connectivity index (χ0v) is 12.1. The van der Waals surface area contributed by atoms with Crippen LogP contribution >= 0.6 is 11.6 Å². The van der Waals surface area contributed by atoms with Gasteiger partial charge < -0.3 is 9.64 Å². The first-order valence-electron chi connectivity index (χ1n) is 6.26. The molecule has 1 unspecified atom stereocenters. The minimum Gasteiger partial charge on any atom is -0.465 e. The van der Waals surface area contributed by atoms with Crippen molar-refractivity contribution in [1.82, 2.24) is 0 Å². The molecular weight excluding hydrogens is 296 g/mol. The molecule has 0 radical (unpaired) electrons. The van der Waals surface area contributed by atoms with Gasteiger partial charge in [0.25, 0.3) is 0 Å². The standard InChI is InChI=1S/C13H13ClN4O3/c1-21-13(20)9-3-2-4-10(14)12(9)18-7-8(5-11(18)19)6-16-17-15/h2-4,8H,5-7H2,1H3. The van der Waals surface area contributed by atoms with Crippen molar-refractivity contribution in [2.45, 2.75) is 6.42 Å². The van der Waals surface area contributed by atoms with E-state index in [4.69, 9.17) is 21.9 Å². The maximum Gasteiger partial charge on any atom is 0.340 e. The second-order valence-electron chi connectivity index (χ2n) is 4.62. The molecular formula is C13H13ClN4O3. The zero-order valence-electron chi connectivity index (χ0n) is 11.3. The van der Waals surface area contributed by atoms with E-state index in [9.17, 15) is 9.59 Å². The summed E-state index contributed by atoms with van der Waals surface area (Å²) in [4.78, 5) is 28.1. The van der Waals surface area contributed by atoms with Crippen LogP contribution < -0.4 is 4.90 Å². The number of carbonyl (C=O) groups is 2. The molecule has 2 rings (SSSR count). The van der Waals surface area contributed by atoms with Crippen molar-refractivity contribution in [3.63, 3.8) is 0 Å². The highest BCUT2D eigenvalue weighted by Crippen LogP contribution is 2.34. The molecule has 1 aliphatic rings. The van der Waals surface area contributed by atoms with E-state index in [1.54, 1.807) is 18.2 Å². The highest BCUT2D eigenvalue weighted by molar-refractivity contribution is 6.34. The average Bonchev–Trinajstić information content (AvgIpc) is 2.84. The molecule has 21 heavy (non-hydrogen) atoms. The van der Waals surface area contributed by atoms with Crippen LogP contribution in [0.15, 0.2) is 23.3 Å². The number of azide groups is 1. The molecule has 1 saturated heterocycles. The number of ether oxygens (including phenoxy) is 1. The van der Waals surface area contributed by atoms with Gasteiger partial charge in [-0.15, -0.1) is 0 Å². The average molecular weight is 309 g/mol. The summed E-state index contributed by atoms with van der Waals surface area (Å²) in [5.74, 6) is -0.805. The van der Waals surface area contributed by atoms with E-state index in [-0.39, 0.29) is 30.4 Å². The van der Waals surface area contributed by atoms with Crippen molar-refractivity contribution in [3.8, 4) is 0 Å². The molecule has 1 amide bonds. The van der Waals surface area contributed by atoms with Gasteiger partial charge in [-0.1, -0.05) is 22.8 Å². The lowest BCUT2D eigenvalue weighted by molar-refractivity contribution is -0.117. The first-order valence-corrected chi connectivity index (χ1v) is 6.64. The van der Waals surface area contributed by atoms with Crippen LogP contribution in [0.1, 0.15) is 16.8 Å². The predicted molar refractivity (Wildman–Crippen MR) is 77.3 cm³/mol. The van der Waals surface area contributed by atoms with E-state index < -0.39 is 5.97 Å². The minimum absolute atomic E-state index is 0.0878. The highest BCUT2D eigenvalue weighted by Gasteiger charge is 2.33. The van der Waals surface area contributed by atoms with Crippen molar-refractivity contribution >= 4 is 29.2 Å². The van der Waals surface area contributed by atoms with Crippen LogP contribution in [0.25, 0.3) is 10.4 Å². The van der Waals surface area contributed by atoms with E-state index in [1.807, 2.05) is 0 Å². The van der Waals surface area contributed by atoms with Gasteiger partial charge in [-0.05, 0) is 23.6 Å². The molecule has 110 valence electrons. The summed E-state index contributed by atoms with van der Waals surface area (Å²) in [6.45, 7) is 0.586. The van der Waals surface area contributed by atoms with E-state index in [1.165, 1.54) is 12.0 Å². The Hall–Kier alpha value is -2.24. The maximum absolute atomic E-state index is 12.1. The Labute approximate surface area is 126 Å². The largest absolute Gasteiger partial charge is 0.465 e. The fraction of sp³-hybridized carbons (Fsp3) is 0.385. The molecule has 0 bridgehead atoms. The van der Waals surface area contributed by atoms with Crippen LogP contribution in [0.4, 0.5) is 5.69 Å². The number of hydrogen-bond donors (Lipinski definition) is 0. The van der Waals surface area contributed by atoms with Crippen molar-refractivity contribution in [2.75, 3.05) is 25.1 Å². The molecule has 0 aromatic heterocycles. The number of anilines is 1. The third-order valence-electron chi connectivity index (χ3n) is 3.27. The number of amides is 1. The van der Waals surface area contributed by atoms with Gasteiger partial charge >= 0.3 is 5.97 Å². The normalized spacial score (nSPS) is 17.5. The smallest absolute Gasteiger partial charge is 0.340 e. The molecule has 1 heterocycles. The summed E-state index contributed by atoms with van der Waals surface area (Å²) < 4.78 is 4.72. The number of hydrogen-bond acceptors (Lipinski definition) is 4. The predicted octanol–water partition coefficient (Wildman–Crippen LogP) is 2.79. The molecule has 1 fully saturated rings. The number of rotatable bonds is 4. The summed E-state index contributed by atoms with van der Waals surface area (Å²) >= 11 is 6.14. The Bertz CT molecular complexity index is 628. The Morgan fingerprint density at radius 3 is 3.05 bits per heavy atom. The second-order valence-corrected chi connectivity index (χ2v) is 5.02.